The fourth-order valence-corrected chi connectivity index (χ4v) is 3.68. The zero-order valence-electron chi connectivity index (χ0n) is 15.8. The number of anilines is 2. The SMILES string of the molecule is COCCN1CCN(c2ccc(NCn3cccc(Br)c3=O)nc2)[C@@H](C)C1. The van der Waals surface area contributed by atoms with Crippen molar-refractivity contribution >= 4 is 27.4 Å². The normalized spacial score (nSPS) is 17.9. The minimum Gasteiger partial charge on any atom is -0.383 e. The van der Waals surface area contributed by atoms with Gasteiger partial charge in [0.25, 0.3) is 5.56 Å². The summed E-state index contributed by atoms with van der Waals surface area (Å²) in [6.07, 6.45) is 3.65. The first-order chi connectivity index (χ1) is 13.1. The molecule has 1 saturated heterocycles. The third-order valence-electron chi connectivity index (χ3n) is 4.81. The Hall–Kier alpha value is -1.90. The van der Waals surface area contributed by atoms with Crippen LogP contribution in [0.2, 0.25) is 0 Å². The molecule has 3 rings (SSSR count). The predicted molar refractivity (Wildman–Crippen MR) is 111 cm³/mol. The van der Waals surface area contributed by atoms with E-state index in [-0.39, 0.29) is 5.56 Å². The van der Waals surface area contributed by atoms with Gasteiger partial charge in [-0.2, -0.15) is 0 Å². The van der Waals surface area contributed by atoms with E-state index in [9.17, 15) is 4.79 Å². The summed E-state index contributed by atoms with van der Waals surface area (Å²) >= 11 is 3.26. The average Bonchev–Trinajstić information content (AvgIpc) is 2.68. The quantitative estimate of drug-likeness (QED) is 0.719. The second-order valence-corrected chi connectivity index (χ2v) is 7.56. The number of hydrogen-bond donors (Lipinski definition) is 1. The molecule has 8 heteroatoms. The number of halogens is 1. The zero-order chi connectivity index (χ0) is 19.2. The molecule has 146 valence electrons. The Morgan fingerprint density at radius 2 is 2.19 bits per heavy atom. The molecule has 27 heavy (non-hydrogen) atoms. The van der Waals surface area contributed by atoms with Crippen LogP contribution in [0.1, 0.15) is 6.92 Å². The van der Waals surface area contributed by atoms with Gasteiger partial charge >= 0.3 is 0 Å². The first-order valence-electron chi connectivity index (χ1n) is 9.11. The zero-order valence-corrected chi connectivity index (χ0v) is 17.4. The highest BCUT2D eigenvalue weighted by atomic mass is 79.9. The highest BCUT2D eigenvalue weighted by Gasteiger charge is 2.23. The van der Waals surface area contributed by atoms with Gasteiger partial charge in [0.2, 0.25) is 0 Å². The number of nitrogens with zero attached hydrogens (tertiary/aromatic N) is 4. The molecular weight excluding hydrogens is 410 g/mol. The van der Waals surface area contributed by atoms with Crippen molar-refractivity contribution in [2.45, 2.75) is 19.6 Å². The van der Waals surface area contributed by atoms with Crippen LogP contribution in [0.3, 0.4) is 0 Å². The molecule has 1 N–H and O–H groups in total. The largest absolute Gasteiger partial charge is 0.383 e. The van der Waals surface area contributed by atoms with Crippen LogP contribution in [-0.2, 0) is 11.4 Å². The molecule has 0 bridgehead atoms. The first kappa shape index (κ1) is 19.9. The van der Waals surface area contributed by atoms with E-state index in [1.807, 2.05) is 18.3 Å². The number of rotatable bonds is 7. The Balaban J connectivity index is 1.57. The van der Waals surface area contributed by atoms with Crippen LogP contribution in [0.25, 0.3) is 0 Å². The molecule has 0 saturated carbocycles. The lowest BCUT2D eigenvalue weighted by atomic mass is 10.1. The second-order valence-electron chi connectivity index (χ2n) is 6.70. The highest BCUT2D eigenvalue weighted by molar-refractivity contribution is 9.10. The summed E-state index contributed by atoms with van der Waals surface area (Å²) in [6, 6.07) is 8.04. The van der Waals surface area contributed by atoms with Crippen molar-refractivity contribution in [3.8, 4) is 0 Å². The monoisotopic (exact) mass is 435 g/mol. The number of nitrogens with one attached hydrogen (secondary N) is 1. The third kappa shape index (κ3) is 5.09. The van der Waals surface area contributed by atoms with Gasteiger partial charge in [0, 0.05) is 45.5 Å². The van der Waals surface area contributed by atoms with Crippen molar-refractivity contribution in [3.05, 3.63) is 51.5 Å². The van der Waals surface area contributed by atoms with Crippen LogP contribution in [0.4, 0.5) is 11.5 Å². The van der Waals surface area contributed by atoms with Crippen LogP contribution >= 0.6 is 15.9 Å². The van der Waals surface area contributed by atoms with Crippen LogP contribution < -0.4 is 15.8 Å². The van der Waals surface area contributed by atoms with Crippen molar-refractivity contribution in [2.24, 2.45) is 0 Å². The summed E-state index contributed by atoms with van der Waals surface area (Å²) in [6.45, 7) is 7.39. The van der Waals surface area contributed by atoms with Gasteiger partial charge in [0.05, 0.1) is 29.6 Å². The van der Waals surface area contributed by atoms with Gasteiger partial charge in [0.15, 0.2) is 0 Å². The van der Waals surface area contributed by atoms with Gasteiger partial charge in [-0.25, -0.2) is 4.98 Å². The molecule has 1 aliphatic heterocycles. The minimum atomic E-state index is -0.0678. The Kier molecular flexibility index (Phi) is 6.87. The number of aromatic nitrogens is 2. The molecule has 0 amide bonds. The molecule has 3 heterocycles. The van der Waals surface area contributed by atoms with E-state index < -0.39 is 0 Å². The number of hydrogen-bond acceptors (Lipinski definition) is 6. The highest BCUT2D eigenvalue weighted by Crippen LogP contribution is 2.21. The number of pyridine rings is 2. The molecule has 0 radical (unpaired) electrons. The molecule has 0 aliphatic carbocycles. The minimum absolute atomic E-state index is 0.0678. The van der Waals surface area contributed by atoms with E-state index in [4.69, 9.17) is 4.74 Å². The Morgan fingerprint density at radius 1 is 1.33 bits per heavy atom. The van der Waals surface area contributed by atoms with Crippen molar-refractivity contribution in [2.75, 3.05) is 50.1 Å². The van der Waals surface area contributed by atoms with Gasteiger partial charge < -0.3 is 15.0 Å². The molecule has 2 aromatic heterocycles. The Labute approximate surface area is 168 Å². The Morgan fingerprint density at radius 3 is 2.89 bits per heavy atom. The molecule has 7 nitrogen and oxygen atoms in total. The fourth-order valence-electron chi connectivity index (χ4n) is 3.30. The van der Waals surface area contributed by atoms with Crippen molar-refractivity contribution < 1.29 is 4.74 Å². The standard InChI is InChI=1S/C19H26BrN5O2/c1-15-13-23(10-11-27-2)8-9-25(15)16-5-6-18(21-12-16)22-14-24-7-3-4-17(20)19(24)26/h3-7,12,15H,8-11,13-14H2,1-2H3,(H,21,22)/t15-/m0/s1. The molecule has 1 fully saturated rings. The molecular formula is C19H26BrN5O2. The molecule has 1 aliphatic rings. The van der Waals surface area contributed by atoms with Crippen LogP contribution in [0.5, 0.6) is 0 Å². The summed E-state index contributed by atoms with van der Waals surface area (Å²) in [7, 11) is 1.74. The number of piperazine rings is 1. The third-order valence-corrected chi connectivity index (χ3v) is 5.41. The number of ether oxygens (including phenoxy) is 1. The van der Waals surface area contributed by atoms with Gasteiger partial charge in [-0.1, -0.05) is 0 Å². The lowest BCUT2D eigenvalue weighted by Gasteiger charge is -2.41. The van der Waals surface area contributed by atoms with Crippen LogP contribution in [0.15, 0.2) is 45.9 Å². The maximum Gasteiger partial charge on any atom is 0.266 e. The van der Waals surface area contributed by atoms with E-state index in [0.29, 0.717) is 17.2 Å². The van der Waals surface area contributed by atoms with Gasteiger partial charge in [-0.15, -0.1) is 0 Å². The van der Waals surface area contributed by atoms with E-state index in [0.717, 1.165) is 44.3 Å². The molecule has 0 spiro atoms. The topological polar surface area (TPSA) is 62.6 Å². The molecule has 0 unspecified atom stereocenters. The van der Waals surface area contributed by atoms with Crippen LogP contribution in [-0.4, -0.2) is 60.4 Å². The lowest BCUT2D eigenvalue weighted by Crippen LogP contribution is -2.52. The smallest absolute Gasteiger partial charge is 0.266 e. The maximum atomic E-state index is 12.0. The summed E-state index contributed by atoms with van der Waals surface area (Å²) in [5.41, 5.74) is 1.06. The summed E-state index contributed by atoms with van der Waals surface area (Å²) < 4.78 is 7.33. The predicted octanol–water partition coefficient (Wildman–Crippen LogP) is 2.23. The first-order valence-corrected chi connectivity index (χ1v) is 9.90. The maximum absolute atomic E-state index is 12.0. The lowest BCUT2D eigenvalue weighted by molar-refractivity contribution is 0.136. The fraction of sp³-hybridized carbons (Fsp3) is 0.474. The molecule has 2 aromatic rings. The summed E-state index contributed by atoms with van der Waals surface area (Å²) in [5, 5.41) is 3.19. The summed E-state index contributed by atoms with van der Waals surface area (Å²) in [5.74, 6) is 0.747. The van der Waals surface area contributed by atoms with E-state index in [1.165, 1.54) is 0 Å². The van der Waals surface area contributed by atoms with Gasteiger partial charge in [0.1, 0.15) is 5.82 Å². The average molecular weight is 436 g/mol. The second kappa shape index (κ2) is 9.34. The Bertz CT molecular complexity index is 795. The van der Waals surface area contributed by atoms with Crippen LogP contribution in [0, 0.1) is 0 Å². The van der Waals surface area contributed by atoms with E-state index >= 15 is 0 Å². The van der Waals surface area contributed by atoms with Crippen molar-refractivity contribution in [3.63, 3.8) is 0 Å². The van der Waals surface area contributed by atoms with E-state index in [1.54, 1.807) is 23.9 Å². The van der Waals surface area contributed by atoms with Crippen molar-refractivity contribution in [1.82, 2.24) is 14.5 Å². The molecule has 0 aromatic carbocycles. The van der Waals surface area contributed by atoms with Crippen molar-refractivity contribution in [1.29, 1.82) is 0 Å². The van der Waals surface area contributed by atoms with Gasteiger partial charge in [-0.05, 0) is 47.1 Å². The number of methoxy groups -OCH3 is 1. The summed E-state index contributed by atoms with van der Waals surface area (Å²) in [4.78, 5) is 21.3. The van der Waals surface area contributed by atoms with E-state index in [2.05, 4.69) is 49.0 Å². The van der Waals surface area contributed by atoms with Gasteiger partial charge in [-0.3, -0.25) is 14.3 Å². The molecule has 1 atom stereocenters.